The van der Waals surface area contributed by atoms with Crippen LogP contribution in [0.15, 0.2) is 12.3 Å². The van der Waals surface area contributed by atoms with Crippen molar-refractivity contribution < 1.29 is 0 Å². The maximum absolute atomic E-state index is 4.44. The number of rotatable bonds is 4. The fraction of sp³-hybridized carbons (Fsp3) is 0.600. The van der Waals surface area contributed by atoms with Crippen LogP contribution in [0.25, 0.3) is 0 Å². The molecule has 1 fully saturated rings. The summed E-state index contributed by atoms with van der Waals surface area (Å²) in [5, 5.41) is 6.44. The highest BCUT2D eigenvalue weighted by atomic mass is 15.1. The van der Waals surface area contributed by atoms with Crippen LogP contribution in [0, 0.1) is 0 Å². The van der Waals surface area contributed by atoms with E-state index in [0.29, 0.717) is 6.04 Å². The van der Waals surface area contributed by atoms with E-state index in [4.69, 9.17) is 0 Å². The third-order valence-electron chi connectivity index (χ3n) is 2.46. The zero-order valence-corrected chi connectivity index (χ0v) is 8.62. The molecular weight excluding hydrogens is 176 g/mol. The number of nitrogens with one attached hydrogen (secondary N) is 2. The van der Waals surface area contributed by atoms with Gasteiger partial charge in [0, 0.05) is 18.3 Å². The number of nitrogens with zero attached hydrogens (tertiary/aromatic N) is 2. The van der Waals surface area contributed by atoms with E-state index in [1.165, 1.54) is 12.8 Å². The largest absolute Gasteiger partial charge is 0.351 e. The zero-order valence-electron chi connectivity index (χ0n) is 8.62. The van der Waals surface area contributed by atoms with Crippen LogP contribution >= 0.6 is 0 Å². The molecule has 1 saturated carbocycles. The van der Waals surface area contributed by atoms with E-state index in [-0.39, 0.29) is 6.04 Å². The molecule has 1 unspecified atom stereocenters. The number of anilines is 1. The van der Waals surface area contributed by atoms with Crippen LogP contribution in [0.5, 0.6) is 0 Å². The monoisotopic (exact) mass is 192 g/mol. The molecule has 1 aliphatic carbocycles. The molecule has 0 aliphatic heterocycles. The van der Waals surface area contributed by atoms with Crippen molar-refractivity contribution in [1.82, 2.24) is 15.3 Å². The molecular formula is C10H16N4. The van der Waals surface area contributed by atoms with Gasteiger partial charge >= 0.3 is 0 Å². The molecule has 4 nitrogen and oxygen atoms in total. The summed E-state index contributed by atoms with van der Waals surface area (Å²) in [7, 11) is 1.93. The molecule has 0 saturated heterocycles. The predicted octanol–water partition coefficient (Wildman–Crippen LogP) is 1.33. The molecule has 4 heteroatoms. The summed E-state index contributed by atoms with van der Waals surface area (Å²) in [4.78, 5) is 8.63. The van der Waals surface area contributed by atoms with Gasteiger partial charge in [0.05, 0.1) is 5.69 Å². The topological polar surface area (TPSA) is 49.8 Å². The summed E-state index contributed by atoms with van der Waals surface area (Å²) >= 11 is 0. The first-order chi connectivity index (χ1) is 6.79. The van der Waals surface area contributed by atoms with Gasteiger partial charge in [0.25, 0.3) is 0 Å². The molecule has 2 rings (SSSR count). The Morgan fingerprint density at radius 2 is 2.29 bits per heavy atom. The zero-order chi connectivity index (χ0) is 9.97. The molecule has 2 N–H and O–H groups in total. The second-order valence-corrected chi connectivity index (χ2v) is 3.73. The third-order valence-corrected chi connectivity index (χ3v) is 2.46. The number of hydrogen-bond acceptors (Lipinski definition) is 4. The fourth-order valence-electron chi connectivity index (χ4n) is 1.24. The molecule has 14 heavy (non-hydrogen) atoms. The van der Waals surface area contributed by atoms with E-state index in [1.54, 1.807) is 6.20 Å². The van der Waals surface area contributed by atoms with Gasteiger partial charge in [-0.25, -0.2) is 9.97 Å². The first-order valence-electron chi connectivity index (χ1n) is 5.06. The molecule has 0 radical (unpaired) electrons. The quantitative estimate of drug-likeness (QED) is 0.755. The predicted molar refractivity (Wildman–Crippen MR) is 56.2 cm³/mol. The van der Waals surface area contributed by atoms with Crippen LogP contribution in [0.3, 0.4) is 0 Å². The van der Waals surface area contributed by atoms with Gasteiger partial charge < -0.3 is 10.6 Å². The Hall–Kier alpha value is -1.16. The van der Waals surface area contributed by atoms with E-state index in [2.05, 4.69) is 27.5 Å². The summed E-state index contributed by atoms with van der Waals surface area (Å²) in [5.41, 5.74) is 1.03. The van der Waals surface area contributed by atoms with Crippen molar-refractivity contribution in [3.63, 3.8) is 0 Å². The number of hydrogen-bond donors (Lipinski definition) is 2. The van der Waals surface area contributed by atoms with E-state index in [0.717, 1.165) is 11.6 Å². The minimum atomic E-state index is 0.276. The molecule has 1 heterocycles. The minimum Gasteiger partial charge on any atom is -0.351 e. The average molecular weight is 192 g/mol. The van der Waals surface area contributed by atoms with Crippen LogP contribution in [0.1, 0.15) is 31.5 Å². The first-order valence-corrected chi connectivity index (χ1v) is 5.06. The number of aromatic nitrogens is 2. The summed E-state index contributed by atoms with van der Waals surface area (Å²) in [5.74, 6) is 0.757. The lowest BCUT2D eigenvalue weighted by Crippen LogP contribution is -2.15. The Kier molecular flexibility index (Phi) is 2.63. The highest BCUT2D eigenvalue weighted by Crippen LogP contribution is 2.23. The van der Waals surface area contributed by atoms with Crippen molar-refractivity contribution in [3.8, 4) is 0 Å². The van der Waals surface area contributed by atoms with Crippen LogP contribution in [-0.2, 0) is 0 Å². The Balaban J connectivity index is 2.08. The molecule has 0 amide bonds. The summed E-state index contributed by atoms with van der Waals surface area (Å²) in [6, 6.07) is 2.83. The smallest absolute Gasteiger partial charge is 0.223 e. The van der Waals surface area contributed by atoms with E-state index in [9.17, 15) is 0 Å². The first kappa shape index (κ1) is 9.40. The average Bonchev–Trinajstić information content (AvgIpc) is 3.01. The Morgan fingerprint density at radius 1 is 1.50 bits per heavy atom. The van der Waals surface area contributed by atoms with Crippen molar-refractivity contribution in [2.24, 2.45) is 0 Å². The fourth-order valence-corrected chi connectivity index (χ4v) is 1.24. The van der Waals surface area contributed by atoms with E-state index < -0.39 is 0 Å². The second kappa shape index (κ2) is 3.92. The third kappa shape index (κ3) is 2.20. The van der Waals surface area contributed by atoms with Gasteiger partial charge in [-0.3, -0.25) is 0 Å². The molecule has 0 spiro atoms. The van der Waals surface area contributed by atoms with Gasteiger partial charge in [-0.15, -0.1) is 0 Å². The minimum absolute atomic E-state index is 0.276. The Morgan fingerprint density at radius 3 is 2.93 bits per heavy atom. The summed E-state index contributed by atoms with van der Waals surface area (Å²) < 4.78 is 0. The Labute approximate surface area is 84.2 Å². The van der Waals surface area contributed by atoms with Crippen molar-refractivity contribution in [2.75, 3.05) is 12.4 Å². The molecule has 1 atom stereocenters. The van der Waals surface area contributed by atoms with E-state index >= 15 is 0 Å². The van der Waals surface area contributed by atoms with Crippen molar-refractivity contribution in [2.45, 2.75) is 31.8 Å². The highest BCUT2D eigenvalue weighted by molar-refractivity contribution is 5.29. The summed E-state index contributed by atoms with van der Waals surface area (Å²) in [6.45, 7) is 2.09. The van der Waals surface area contributed by atoms with E-state index in [1.807, 2.05) is 13.1 Å². The normalized spacial score (nSPS) is 17.9. The maximum atomic E-state index is 4.44. The van der Waals surface area contributed by atoms with Gasteiger partial charge in [0.1, 0.15) is 0 Å². The van der Waals surface area contributed by atoms with Gasteiger partial charge in [0.15, 0.2) is 0 Å². The van der Waals surface area contributed by atoms with Gasteiger partial charge in [0.2, 0.25) is 5.95 Å². The maximum Gasteiger partial charge on any atom is 0.223 e. The molecule has 0 aromatic carbocycles. The van der Waals surface area contributed by atoms with Crippen molar-refractivity contribution in [3.05, 3.63) is 18.0 Å². The van der Waals surface area contributed by atoms with Gasteiger partial charge in [-0.1, -0.05) is 0 Å². The molecule has 1 aromatic rings. The van der Waals surface area contributed by atoms with Crippen LogP contribution < -0.4 is 10.6 Å². The molecule has 1 aromatic heterocycles. The molecule has 0 bridgehead atoms. The van der Waals surface area contributed by atoms with Crippen LogP contribution in [0.2, 0.25) is 0 Å². The Bertz CT molecular complexity index is 309. The summed E-state index contributed by atoms with van der Waals surface area (Å²) in [6.07, 6.45) is 4.30. The lowest BCUT2D eigenvalue weighted by molar-refractivity contribution is 0.631. The molecule has 76 valence electrons. The standard InChI is InChI=1S/C10H16N4/c1-7(11-2)9-5-6-12-10(14-9)13-8-3-4-8/h5-8,11H,3-4H2,1-2H3,(H,12,13,14). The molecule has 1 aliphatic rings. The van der Waals surface area contributed by atoms with Crippen LogP contribution in [0.4, 0.5) is 5.95 Å². The lowest BCUT2D eigenvalue weighted by Gasteiger charge is -2.10. The SMILES string of the molecule is CNC(C)c1ccnc(NC2CC2)n1. The highest BCUT2D eigenvalue weighted by Gasteiger charge is 2.21. The van der Waals surface area contributed by atoms with Crippen LogP contribution in [-0.4, -0.2) is 23.1 Å². The van der Waals surface area contributed by atoms with Gasteiger partial charge in [-0.2, -0.15) is 0 Å². The van der Waals surface area contributed by atoms with Gasteiger partial charge in [-0.05, 0) is 32.9 Å². The van der Waals surface area contributed by atoms with Crippen molar-refractivity contribution in [1.29, 1.82) is 0 Å². The second-order valence-electron chi connectivity index (χ2n) is 3.73. The van der Waals surface area contributed by atoms with Crippen molar-refractivity contribution >= 4 is 5.95 Å². The lowest BCUT2D eigenvalue weighted by atomic mass is 10.2.